The number of aryl methyl sites for hydroxylation is 1. The Kier molecular flexibility index (Phi) is 9.43. The van der Waals surface area contributed by atoms with E-state index in [2.05, 4.69) is 41.2 Å². The monoisotopic (exact) mass is 375 g/mol. The zero-order valence-electron chi connectivity index (χ0n) is 17.4. The van der Waals surface area contributed by atoms with Gasteiger partial charge < -0.3 is 15.0 Å². The van der Waals surface area contributed by atoms with Crippen molar-refractivity contribution in [3.63, 3.8) is 0 Å². The second-order valence-electron chi connectivity index (χ2n) is 7.54. The maximum absolute atomic E-state index is 12.1. The van der Waals surface area contributed by atoms with Crippen LogP contribution in [0.5, 0.6) is 0 Å². The SMILES string of the molecule is CCCN(CCC)c1cc(CCCOC(=O)C2CCCCC2)nc(NC)c1. The normalized spacial score (nSPS) is 14.8. The van der Waals surface area contributed by atoms with Crippen LogP contribution >= 0.6 is 0 Å². The van der Waals surface area contributed by atoms with Crippen LogP contribution in [0.4, 0.5) is 11.5 Å². The lowest BCUT2D eigenvalue weighted by atomic mass is 9.89. The lowest BCUT2D eigenvalue weighted by Gasteiger charge is -2.25. The first kappa shape index (κ1) is 21.5. The first-order chi connectivity index (χ1) is 13.2. The average molecular weight is 376 g/mol. The molecule has 2 rings (SSSR count). The van der Waals surface area contributed by atoms with Crippen LogP contribution in [0.25, 0.3) is 0 Å². The molecule has 0 aliphatic heterocycles. The molecule has 1 aromatic rings. The molecule has 0 saturated heterocycles. The first-order valence-electron chi connectivity index (χ1n) is 10.8. The Morgan fingerprint density at radius 2 is 1.89 bits per heavy atom. The number of hydrogen-bond donors (Lipinski definition) is 1. The molecule has 1 saturated carbocycles. The third-order valence-corrected chi connectivity index (χ3v) is 5.23. The maximum Gasteiger partial charge on any atom is 0.308 e. The van der Waals surface area contributed by atoms with Crippen molar-refractivity contribution in [1.82, 2.24) is 4.98 Å². The van der Waals surface area contributed by atoms with Gasteiger partial charge in [-0.05, 0) is 44.6 Å². The molecular formula is C22H37N3O2. The Morgan fingerprint density at radius 3 is 2.52 bits per heavy atom. The highest BCUT2D eigenvalue weighted by Crippen LogP contribution is 2.25. The summed E-state index contributed by atoms with van der Waals surface area (Å²) in [4.78, 5) is 19.3. The summed E-state index contributed by atoms with van der Waals surface area (Å²) in [5.74, 6) is 1.04. The highest BCUT2D eigenvalue weighted by molar-refractivity contribution is 5.72. The molecule has 0 bridgehead atoms. The largest absolute Gasteiger partial charge is 0.465 e. The summed E-state index contributed by atoms with van der Waals surface area (Å²) < 4.78 is 5.52. The number of nitrogens with zero attached hydrogens (tertiary/aromatic N) is 2. The van der Waals surface area contributed by atoms with E-state index in [9.17, 15) is 4.79 Å². The molecule has 1 heterocycles. The molecule has 0 aromatic carbocycles. The molecule has 0 radical (unpaired) electrons. The topological polar surface area (TPSA) is 54.5 Å². The van der Waals surface area contributed by atoms with Crippen molar-refractivity contribution in [1.29, 1.82) is 0 Å². The Hall–Kier alpha value is -1.78. The number of carbonyl (C=O) groups excluding carboxylic acids is 1. The number of esters is 1. The molecule has 0 unspecified atom stereocenters. The summed E-state index contributed by atoms with van der Waals surface area (Å²) >= 11 is 0. The fourth-order valence-corrected chi connectivity index (χ4v) is 3.80. The van der Waals surface area contributed by atoms with Crippen LogP contribution in [-0.4, -0.2) is 37.7 Å². The van der Waals surface area contributed by atoms with Gasteiger partial charge in [0, 0.05) is 37.6 Å². The number of pyridine rings is 1. The second-order valence-corrected chi connectivity index (χ2v) is 7.54. The van der Waals surface area contributed by atoms with E-state index in [1.165, 1.54) is 12.1 Å². The zero-order valence-corrected chi connectivity index (χ0v) is 17.4. The van der Waals surface area contributed by atoms with Crippen LogP contribution in [0, 0.1) is 5.92 Å². The molecule has 0 spiro atoms. The van der Waals surface area contributed by atoms with Gasteiger partial charge in [0.2, 0.25) is 0 Å². The predicted molar refractivity (Wildman–Crippen MR) is 112 cm³/mol. The highest BCUT2D eigenvalue weighted by Gasteiger charge is 2.22. The molecule has 1 aliphatic carbocycles. The fourth-order valence-electron chi connectivity index (χ4n) is 3.80. The van der Waals surface area contributed by atoms with E-state index in [0.29, 0.717) is 6.61 Å². The minimum absolute atomic E-state index is 0.00407. The molecule has 1 aliphatic rings. The summed E-state index contributed by atoms with van der Waals surface area (Å²) in [6, 6.07) is 4.31. The average Bonchev–Trinajstić information content (AvgIpc) is 2.71. The van der Waals surface area contributed by atoms with Crippen molar-refractivity contribution < 1.29 is 9.53 Å². The Morgan fingerprint density at radius 1 is 1.19 bits per heavy atom. The summed E-state index contributed by atoms with van der Waals surface area (Å²) in [5, 5.41) is 3.18. The van der Waals surface area contributed by atoms with Gasteiger partial charge in [-0.25, -0.2) is 4.98 Å². The van der Waals surface area contributed by atoms with Crippen molar-refractivity contribution in [3.05, 3.63) is 17.8 Å². The number of nitrogens with one attached hydrogen (secondary N) is 1. The van der Waals surface area contributed by atoms with Gasteiger partial charge >= 0.3 is 5.97 Å². The zero-order chi connectivity index (χ0) is 19.5. The molecular weight excluding hydrogens is 338 g/mol. The summed E-state index contributed by atoms with van der Waals surface area (Å²) in [5.41, 5.74) is 2.29. The van der Waals surface area contributed by atoms with Crippen molar-refractivity contribution in [3.8, 4) is 0 Å². The summed E-state index contributed by atoms with van der Waals surface area (Å²) in [6.07, 6.45) is 9.48. The minimum atomic E-state index is 0.00407. The number of ether oxygens (including phenoxy) is 1. The van der Waals surface area contributed by atoms with Gasteiger partial charge in [-0.15, -0.1) is 0 Å². The van der Waals surface area contributed by atoms with E-state index in [1.54, 1.807) is 0 Å². The van der Waals surface area contributed by atoms with Crippen molar-refractivity contribution >= 4 is 17.5 Å². The summed E-state index contributed by atoms with van der Waals surface area (Å²) in [7, 11) is 1.91. The molecule has 5 nitrogen and oxygen atoms in total. The van der Waals surface area contributed by atoms with Gasteiger partial charge in [0.05, 0.1) is 12.5 Å². The van der Waals surface area contributed by atoms with Gasteiger partial charge in [-0.2, -0.15) is 0 Å². The molecule has 1 aromatic heterocycles. The van der Waals surface area contributed by atoms with Crippen LogP contribution in [-0.2, 0) is 16.0 Å². The van der Waals surface area contributed by atoms with Crippen LogP contribution in [0.1, 0.15) is 70.9 Å². The van der Waals surface area contributed by atoms with E-state index in [-0.39, 0.29) is 11.9 Å². The first-order valence-corrected chi connectivity index (χ1v) is 10.8. The van der Waals surface area contributed by atoms with E-state index >= 15 is 0 Å². The van der Waals surface area contributed by atoms with E-state index in [4.69, 9.17) is 4.74 Å². The Bertz CT molecular complexity index is 565. The Balaban J connectivity index is 1.89. The van der Waals surface area contributed by atoms with Crippen molar-refractivity contribution in [2.24, 2.45) is 5.92 Å². The van der Waals surface area contributed by atoms with Gasteiger partial charge in [-0.3, -0.25) is 4.79 Å². The van der Waals surface area contributed by atoms with E-state index in [0.717, 1.165) is 76.0 Å². The second kappa shape index (κ2) is 11.8. The van der Waals surface area contributed by atoms with E-state index in [1.807, 2.05) is 7.05 Å². The number of anilines is 2. The van der Waals surface area contributed by atoms with Gasteiger partial charge in [-0.1, -0.05) is 33.1 Å². The molecule has 1 N–H and O–H groups in total. The minimum Gasteiger partial charge on any atom is -0.465 e. The maximum atomic E-state index is 12.1. The molecule has 0 atom stereocenters. The summed E-state index contributed by atoms with van der Waals surface area (Å²) in [6.45, 7) is 7.03. The van der Waals surface area contributed by atoms with Crippen LogP contribution in [0.2, 0.25) is 0 Å². The third-order valence-electron chi connectivity index (χ3n) is 5.23. The lowest BCUT2D eigenvalue weighted by molar-refractivity contribution is -0.149. The van der Waals surface area contributed by atoms with E-state index < -0.39 is 0 Å². The van der Waals surface area contributed by atoms with Crippen LogP contribution in [0.15, 0.2) is 12.1 Å². The van der Waals surface area contributed by atoms with Crippen molar-refractivity contribution in [2.45, 2.75) is 71.6 Å². The highest BCUT2D eigenvalue weighted by atomic mass is 16.5. The molecule has 27 heavy (non-hydrogen) atoms. The quantitative estimate of drug-likeness (QED) is 0.444. The molecule has 1 fully saturated rings. The third kappa shape index (κ3) is 7.04. The molecule has 0 amide bonds. The van der Waals surface area contributed by atoms with Crippen molar-refractivity contribution in [2.75, 3.05) is 37.0 Å². The van der Waals surface area contributed by atoms with Gasteiger partial charge in [0.25, 0.3) is 0 Å². The van der Waals surface area contributed by atoms with Gasteiger partial charge in [0.15, 0.2) is 0 Å². The number of aromatic nitrogens is 1. The lowest BCUT2D eigenvalue weighted by Crippen LogP contribution is -2.25. The molecule has 5 heteroatoms. The fraction of sp³-hybridized carbons (Fsp3) is 0.727. The van der Waals surface area contributed by atoms with Crippen LogP contribution in [0.3, 0.4) is 0 Å². The van der Waals surface area contributed by atoms with Gasteiger partial charge in [0.1, 0.15) is 5.82 Å². The number of hydrogen-bond acceptors (Lipinski definition) is 5. The number of rotatable bonds is 11. The van der Waals surface area contributed by atoms with Crippen LogP contribution < -0.4 is 10.2 Å². The molecule has 152 valence electrons. The Labute approximate surface area is 164 Å². The standard InChI is InChI=1S/C22H37N3O2/c1-4-13-25(14-5-2)20-16-19(24-21(17-20)23-3)12-9-15-27-22(26)18-10-7-6-8-11-18/h16-18H,4-15H2,1-3H3,(H,23,24). The predicted octanol–water partition coefficient (Wildman–Crippen LogP) is 4.81. The number of carbonyl (C=O) groups is 1. The smallest absolute Gasteiger partial charge is 0.308 e.